The number of pyridine rings is 2. The highest BCUT2D eigenvalue weighted by atomic mass is 16.5. The molecule has 2 aliphatic rings. The normalized spacial score (nSPS) is 13.8. The van der Waals surface area contributed by atoms with Crippen molar-refractivity contribution in [3.63, 3.8) is 0 Å². The number of hydrogen-bond donors (Lipinski definition) is 0. The van der Waals surface area contributed by atoms with E-state index >= 15 is 0 Å². The maximum atomic E-state index is 7.05. The Morgan fingerprint density at radius 3 is 1.83 bits per heavy atom. The molecule has 4 heterocycles. The summed E-state index contributed by atoms with van der Waals surface area (Å²) in [5.41, 5.74) is 17.8. The van der Waals surface area contributed by atoms with Gasteiger partial charge in [0.2, 0.25) is 0 Å². The zero-order chi connectivity index (χ0) is 40.0. The number of nitrogens with zero attached hydrogens (tertiary/aromatic N) is 4. The van der Waals surface area contributed by atoms with E-state index in [1.165, 1.54) is 55.2 Å². The van der Waals surface area contributed by atoms with Crippen molar-refractivity contribution < 1.29 is 4.74 Å². The van der Waals surface area contributed by atoms with Crippen LogP contribution in [-0.4, -0.2) is 19.1 Å². The molecule has 0 spiro atoms. The molecule has 0 fully saturated rings. The Morgan fingerprint density at radius 1 is 0.500 bits per heavy atom. The smallest absolute Gasteiger partial charge is 0.131 e. The number of benzene rings is 6. The molecule has 286 valence electrons. The third-order valence-electron chi connectivity index (χ3n) is 12.8. The van der Waals surface area contributed by atoms with Crippen LogP contribution in [0.15, 0.2) is 176 Å². The Hall–Kier alpha value is -7.50. The lowest BCUT2D eigenvalue weighted by Gasteiger charge is -2.22. The molecule has 0 saturated heterocycles. The minimum absolute atomic E-state index is 0.138. The van der Waals surface area contributed by atoms with Crippen LogP contribution in [0.1, 0.15) is 42.7 Å². The zero-order valence-corrected chi connectivity index (χ0v) is 33.4. The highest BCUT2D eigenvalue weighted by Gasteiger charge is 2.35. The van der Waals surface area contributed by atoms with Crippen molar-refractivity contribution in [2.24, 2.45) is 0 Å². The maximum Gasteiger partial charge on any atom is 0.131 e. The first kappa shape index (κ1) is 34.5. The fraction of sp³-hybridized carbons (Fsp3) is 0.0909. The highest BCUT2D eigenvalue weighted by Crippen LogP contribution is 2.50. The van der Waals surface area contributed by atoms with Gasteiger partial charge in [0.1, 0.15) is 11.5 Å². The van der Waals surface area contributed by atoms with E-state index in [2.05, 4.69) is 191 Å². The molecule has 10 aromatic rings. The maximum absolute atomic E-state index is 7.05. The fourth-order valence-corrected chi connectivity index (χ4v) is 9.98. The summed E-state index contributed by atoms with van der Waals surface area (Å²) in [6.45, 7) is 4.63. The summed E-state index contributed by atoms with van der Waals surface area (Å²) in [5.74, 6) is 1.60. The monoisotopic (exact) mass is 772 g/mol. The van der Waals surface area contributed by atoms with Crippen LogP contribution in [0.2, 0.25) is 0 Å². The van der Waals surface area contributed by atoms with Crippen molar-refractivity contribution in [3.05, 3.63) is 199 Å². The summed E-state index contributed by atoms with van der Waals surface area (Å²) >= 11 is 0. The van der Waals surface area contributed by atoms with E-state index in [0.717, 1.165) is 69.0 Å². The number of aromatic nitrogens is 4. The van der Waals surface area contributed by atoms with Gasteiger partial charge in [0, 0.05) is 64.2 Å². The molecule has 0 radical (unpaired) electrons. The third-order valence-corrected chi connectivity index (χ3v) is 12.8. The number of fused-ring (bicyclic) bond motifs is 9. The van der Waals surface area contributed by atoms with Gasteiger partial charge in [0.25, 0.3) is 0 Å². The first-order valence-electron chi connectivity index (χ1n) is 20.8. The van der Waals surface area contributed by atoms with Gasteiger partial charge in [0.05, 0.1) is 27.9 Å². The fourth-order valence-electron chi connectivity index (χ4n) is 9.98. The van der Waals surface area contributed by atoms with Crippen LogP contribution in [0.3, 0.4) is 0 Å². The van der Waals surface area contributed by atoms with Crippen LogP contribution in [0.5, 0.6) is 11.5 Å². The van der Waals surface area contributed by atoms with E-state index < -0.39 is 0 Å². The van der Waals surface area contributed by atoms with Gasteiger partial charge in [-0.25, -0.2) is 0 Å². The van der Waals surface area contributed by atoms with E-state index in [1.807, 2.05) is 24.8 Å². The standard InChI is InChI=1S/C55H40N4O/c1-55(2)49-12-6-3-9-43(49)44-18-17-41(34-50(44)55)60-42-32-39(58-51-13-7-4-10-45(51)46-11-5-8-14-52(46)58)31-40(33-42)59-53-19-15-37(35-21-25-56-26-22-35)29-47(53)48-30-38(16-20-54(48)59)36-23-27-57-28-24-36/h3-4,6-10,12-34H,5,11H2,1-2H3. The summed E-state index contributed by atoms with van der Waals surface area (Å²) in [4.78, 5) is 8.58. The molecular weight excluding hydrogens is 733 g/mol. The molecule has 5 nitrogen and oxygen atoms in total. The Morgan fingerprint density at radius 2 is 1.12 bits per heavy atom. The van der Waals surface area contributed by atoms with Crippen molar-refractivity contribution >= 4 is 38.8 Å². The predicted octanol–water partition coefficient (Wildman–Crippen LogP) is 13.9. The summed E-state index contributed by atoms with van der Waals surface area (Å²) in [7, 11) is 0. The molecule has 0 bridgehead atoms. The van der Waals surface area contributed by atoms with Crippen molar-refractivity contribution in [2.45, 2.75) is 32.1 Å². The third kappa shape index (κ3) is 5.32. The summed E-state index contributed by atoms with van der Waals surface area (Å²) in [6.07, 6.45) is 14.1. The second-order valence-electron chi connectivity index (χ2n) is 16.6. The molecule has 0 N–H and O–H groups in total. The van der Waals surface area contributed by atoms with Gasteiger partial charge in [-0.05, 0) is 142 Å². The van der Waals surface area contributed by atoms with E-state index in [4.69, 9.17) is 4.74 Å². The number of ether oxygens (including phenoxy) is 1. The molecule has 0 saturated carbocycles. The second-order valence-corrected chi connectivity index (χ2v) is 16.6. The summed E-state index contributed by atoms with van der Waals surface area (Å²) in [5, 5.41) is 3.65. The van der Waals surface area contributed by atoms with Crippen molar-refractivity contribution in [2.75, 3.05) is 0 Å². The molecule has 0 amide bonds. The average molecular weight is 773 g/mol. The Labute approximate surface area is 348 Å². The van der Waals surface area contributed by atoms with Gasteiger partial charge in [-0.3, -0.25) is 9.97 Å². The first-order valence-corrected chi connectivity index (χ1v) is 20.8. The Balaban J connectivity index is 1.10. The lowest BCUT2D eigenvalue weighted by Crippen LogP contribution is -2.14. The predicted molar refractivity (Wildman–Crippen MR) is 246 cm³/mol. The second kappa shape index (κ2) is 13.3. The van der Waals surface area contributed by atoms with Crippen LogP contribution in [-0.2, 0) is 11.8 Å². The topological polar surface area (TPSA) is 44.9 Å². The van der Waals surface area contributed by atoms with Crippen LogP contribution < -0.4 is 4.74 Å². The van der Waals surface area contributed by atoms with Crippen molar-refractivity contribution in [3.8, 4) is 56.3 Å². The van der Waals surface area contributed by atoms with Gasteiger partial charge >= 0.3 is 0 Å². The van der Waals surface area contributed by atoms with Gasteiger partial charge in [-0.15, -0.1) is 0 Å². The molecule has 60 heavy (non-hydrogen) atoms. The van der Waals surface area contributed by atoms with Crippen LogP contribution in [0.25, 0.3) is 83.5 Å². The number of aryl methyl sites for hydroxylation is 1. The first-order chi connectivity index (χ1) is 29.5. The lowest BCUT2D eigenvalue weighted by molar-refractivity contribution is 0.480. The number of para-hydroxylation sites is 1. The molecular formula is C55H40N4O. The van der Waals surface area contributed by atoms with E-state index in [9.17, 15) is 0 Å². The molecule has 5 heteroatoms. The van der Waals surface area contributed by atoms with Crippen molar-refractivity contribution in [1.82, 2.24) is 19.1 Å². The van der Waals surface area contributed by atoms with Gasteiger partial charge in [-0.1, -0.05) is 80.6 Å². The zero-order valence-electron chi connectivity index (χ0n) is 33.4. The van der Waals surface area contributed by atoms with Crippen LogP contribution in [0, 0.1) is 0 Å². The summed E-state index contributed by atoms with van der Waals surface area (Å²) in [6, 6.07) is 52.9. The van der Waals surface area contributed by atoms with Crippen molar-refractivity contribution in [1.29, 1.82) is 0 Å². The van der Waals surface area contributed by atoms with Gasteiger partial charge in [0.15, 0.2) is 0 Å². The van der Waals surface area contributed by atoms with Gasteiger partial charge in [-0.2, -0.15) is 0 Å². The van der Waals surface area contributed by atoms with Crippen LogP contribution >= 0.6 is 0 Å². The van der Waals surface area contributed by atoms with E-state index in [1.54, 1.807) is 0 Å². The number of hydrogen-bond acceptors (Lipinski definition) is 3. The summed E-state index contributed by atoms with van der Waals surface area (Å²) < 4.78 is 11.9. The molecule has 0 aliphatic heterocycles. The van der Waals surface area contributed by atoms with E-state index in [0.29, 0.717) is 0 Å². The Bertz CT molecular complexity index is 3270. The number of allylic oxidation sites excluding steroid dienone is 1. The quantitative estimate of drug-likeness (QED) is 0.169. The van der Waals surface area contributed by atoms with Gasteiger partial charge < -0.3 is 13.9 Å². The van der Waals surface area contributed by atoms with Crippen LogP contribution in [0.4, 0.5) is 0 Å². The molecule has 0 unspecified atom stereocenters. The largest absolute Gasteiger partial charge is 0.457 e. The molecule has 0 atom stereocenters. The minimum Gasteiger partial charge on any atom is -0.457 e. The molecule has 12 rings (SSSR count). The lowest BCUT2D eigenvalue weighted by atomic mass is 9.82. The Kier molecular flexibility index (Phi) is 7.64. The average Bonchev–Trinajstić information content (AvgIpc) is 3.89. The minimum atomic E-state index is -0.138. The highest BCUT2D eigenvalue weighted by molar-refractivity contribution is 6.11. The number of rotatable bonds is 6. The molecule has 2 aliphatic carbocycles. The molecule has 6 aromatic carbocycles. The molecule has 4 aromatic heterocycles. The SMILES string of the molecule is CC1(C)c2ccccc2-c2ccc(Oc3cc(-n4c5c(c6ccccc64)CCC=C5)cc(-n4c5ccc(-c6ccncc6)cc5c5cc(-c6ccncc6)ccc54)c3)cc21. The van der Waals surface area contributed by atoms with E-state index in [-0.39, 0.29) is 5.41 Å².